The van der Waals surface area contributed by atoms with Gasteiger partial charge in [0.15, 0.2) is 0 Å². The Labute approximate surface area is 89.1 Å². The molecule has 0 saturated heterocycles. The second-order valence-electron chi connectivity index (χ2n) is 1.70. The SMILES string of the molecule is N=Cc1ccccc1O.[Ni].[Pd]. The van der Waals surface area contributed by atoms with Crippen LogP contribution in [0.25, 0.3) is 0 Å². The van der Waals surface area contributed by atoms with E-state index < -0.39 is 0 Å². The molecule has 0 heterocycles. The summed E-state index contributed by atoms with van der Waals surface area (Å²) in [6, 6.07) is 6.74. The molecular formula is C7H7NNiOPd. The third-order valence-corrected chi connectivity index (χ3v) is 1.09. The third-order valence-electron chi connectivity index (χ3n) is 1.09. The van der Waals surface area contributed by atoms with Gasteiger partial charge in [0.2, 0.25) is 0 Å². The number of aromatic hydroxyl groups is 1. The van der Waals surface area contributed by atoms with Crippen molar-refractivity contribution in [3.05, 3.63) is 29.8 Å². The van der Waals surface area contributed by atoms with Crippen LogP contribution in [0.5, 0.6) is 5.75 Å². The number of hydrogen-bond acceptors (Lipinski definition) is 2. The van der Waals surface area contributed by atoms with E-state index in [1.807, 2.05) is 0 Å². The van der Waals surface area contributed by atoms with E-state index >= 15 is 0 Å². The zero-order valence-electron chi connectivity index (χ0n) is 5.47. The molecule has 0 aliphatic carbocycles. The third kappa shape index (κ3) is 3.67. The molecule has 0 unspecified atom stereocenters. The van der Waals surface area contributed by atoms with Crippen LogP contribution in [0.2, 0.25) is 0 Å². The Balaban J connectivity index is 0. The summed E-state index contributed by atoms with van der Waals surface area (Å²) in [5.74, 6) is 0.160. The quantitative estimate of drug-likeness (QED) is 0.594. The zero-order valence-corrected chi connectivity index (χ0v) is 8.01. The first-order chi connectivity index (χ1) is 4.34. The number of para-hydroxylation sites is 1. The molecule has 0 amide bonds. The fraction of sp³-hybridized carbons (Fsp3) is 0. The molecule has 0 aliphatic rings. The van der Waals surface area contributed by atoms with Gasteiger partial charge in [-0.1, -0.05) is 12.1 Å². The number of benzene rings is 1. The van der Waals surface area contributed by atoms with Gasteiger partial charge < -0.3 is 10.5 Å². The van der Waals surface area contributed by atoms with Crippen LogP contribution < -0.4 is 0 Å². The predicted octanol–water partition coefficient (Wildman–Crippen LogP) is 1.38. The maximum atomic E-state index is 8.96. The minimum atomic E-state index is 0. The van der Waals surface area contributed by atoms with E-state index in [1.54, 1.807) is 24.3 Å². The molecular weight excluding hydrogens is 279 g/mol. The van der Waals surface area contributed by atoms with E-state index in [2.05, 4.69) is 0 Å². The Morgan fingerprint density at radius 2 is 1.82 bits per heavy atom. The zero-order chi connectivity index (χ0) is 6.69. The molecule has 0 atom stereocenters. The second kappa shape index (κ2) is 6.55. The van der Waals surface area contributed by atoms with E-state index in [0.29, 0.717) is 5.56 Å². The maximum Gasteiger partial charge on any atom is 0.124 e. The first kappa shape index (κ1) is 13.4. The van der Waals surface area contributed by atoms with Crippen molar-refractivity contribution in [1.82, 2.24) is 0 Å². The summed E-state index contributed by atoms with van der Waals surface area (Å²) < 4.78 is 0. The summed E-state index contributed by atoms with van der Waals surface area (Å²) in [7, 11) is 0. The van der Waals surface area contributed by atoms with E-state index in [9.17, 15) is 0 Å². The molecule has 2 nitrogen and oxygen atoms in total. The number of rotatable bonds is 1. The van der Waals surface area contributed by atoms with Gasteiger partial charge in [-0.3, -0.25) is 0 Å². The minimum absolute atomic E-state index is 0. The summed E-state index contributed by atoms with van der Waals surface area (Å²) in [6.45, 7) is 0. The molecule has 1 aromatic rings. The molecule has 0 fully saturated rings. The molecule has 4 heteroatoms. The average Bonchev–Trinajstić information content (AvgIpc) is 1.89. The Kier molecular flexibility index (Phi) is 8.00. The number of phenolic OH excluding ortho intramolecular Hbond substituents is 1. The Morgan fingerprint density at radius 3 is 2.18 bits per heavy atom. The van der Waals surface area contributed by atoms with Crippen molar-refractivity contribution in [2.24, 2.45) is 0 Å². The standard InChI is InChI=1S/C7H7NO.Ni.Pd/c8-5-6-3-1-2-4-7(6)9;;/h1-5,8-9H;;. The molecule has 0 saturated carbocycles. The van der Waals surface area contributed by atoms with E-state index in [-0.39, 0.29) is 42.7 Å². The molecule has 0 bridgehead atoms. The van der Waals surface area contributed by atoms with Crippen molar-refractivity contribution in [3.63, 3.8) is 0 Å². The number of nitrogens with one attached hydrogen (secondary N) is 1. The molecule has 1 aromatic carbocycles. The van der Waals surface area contributed by atoms with Crippen LogP contribution in [0, 0.1) is 5.41 Å². The fourth-order valence-electron chi connectivity index (χ4n) is 0.610. The van der Waals surface area contributed by atoms with Crippen LogP contribution in [0.3, 0.4) is 0 Å². The van der Waals surface area contributed by atoms with Crippen molar-refractivity contribution in [2.45, 2.75) is 0 Å². The average molecular weight is 286 g/mol. The van der Waals surface area contributed by atoms with Crippen LogP contribution in [0.1, 0.15) is 5.56 Å². The van der Waals surface area contributed by atoms with E-state index in [0.717, 1.165) is 6.21 Å². The molecule has 11 heavy (non-hydrogen) atoms. The molecule has 0 radical (unpaired) electrons. The van der Waals surface area contributed by atoms with Crippen LogP contribution in [-0.4, -0.2) is 11.3 Å². The van der Waals surface area contributed by atoms with Crippen molar-refractivity contribution in [2.75, 3.05) is 0 Å². The smallest absolute Gasteiger partial charge is 0.124 e. The van der Waals surface area contributed by atoms with Gasteiger partial charge in [0.05, 0.1) is 0 Å². The normalized spacial score (nSPS) is 7.27. The van der Waals surface area contributed by atoms with Crippen molar-refractivity contribution >= 4 is 6.21 Å². The Hall–Kier alpha value is -0.154. The summed E-state index contributed by atoms with van der Waals surface area (Å²) in [5.41, 5.74) is 0.553. The summed E-state index contributed by atoms with van der Waals surface area (Å²) in [5, 5.41) is 15.8. The van der Waals surface area contributed by atoms with Gasteiger partial charge in [-0.05, 0) is 12.1 Å². The monoisotopic (exact) mass is 285 g/mol. The Bertz CT molecular complexity index is 229. The minimum Gasteiger partial charge on any atom is -0.507 e. The van der Waals surface area contributed by atoms with E-state index in [4.69, 9.17) is 10.5 Å². The van der Waals surface area contributed by atoms with Gasteiger partial charge in [-0.2, -0.15) is 0 Å². The van der Waals surface area contributed by atoms with Gasteiger partial charge >= 0.3 is 0 Å². The van der Waals surface area contributed by atoms with Gasteiger partial charge in [0, 0.05) is 48.7 Å². The van der Waals surface area contributed by atoms with E-state index in [1.165, 1.54) is 0 Å². The summed E-state index contributed by atoms with van der Waals surface area (Å²) >= 11 is 0. The fourth-order valence-corrected chi connectivity index (χ4v) is 0.610. The van der Waals surface area contributed by atoms with Gasteiger partial charge in [0.25, 0.3) is 0 Å². The van der Waals surface area contributed by atoms with Gasteiger partial charge in [-0.25, -0.2) is 0 Å². The van der Waals surface area contributed by atoms with Crippen molar-refractivity contribution in [3.8, 4) is 5.75 Å². The molecule has 0 aromatic heterocycles. The van der Waals surface area contributed by atoms with Gasteiger partial charge in [-0.15, -0.1) is 0 Å². The van der Waals surface area contributed by atoms with Crippen LogP contribution in [0.4, 0.5) is 0 Å². The molecule has 66 valence electrons. The van der Waals surface area contributed by atoms with Gasteiger partial charge in [0.1, 0.15) is 5.75 Å². The number of hydrogen-bond donors (Lipinski definition) is 2. The molecule has 0 aliphatic heterocycles. The first-order valence-electron chi connectivity index (χ1n) is 2.63. The van der Waals surface area contributed by atoms with Crippen LogP contribution in [0.15, 0.2) is 24.3 Å². The Morgan fingerprint density at radius 1 is 1.27 bits per heavy atom. The molecule has 2 N–H and O–H groups in total. The summed E-state index contributed by atoms with van der Waals surface area (Å²) in [4.78, 5) is 0. The predicted molar refractivity (Wildman–Crippen MR) is 36.0 cm³/mol. The molecule has 0 spiro atoms. The summed E-state index contributed by atoms with van der Waals surface area (Å²) in [6.07, 6.45) is 1.12. The maximum absolute atomic E-state index is 8.96. The van der Waals surface area contributed by atoms with Crippen LogP contribution >= 0.6 is 0 Å². The molecule has 1 rings (SSSR count). The van der Waals surface area contributed by atoms with Crippen LogP contribution in [-0.2, 0) is 36.9 Å². The topological polar surface area (TPSA) is 44.1 Å². The first-order valence-corrected chi connectivity index (χ1v) is 2.63. The second-order valence-corrected chi connectivity index (χ2v) is 1.70. The van der Waals surface area contributed by atoms with Crippen molar-refractivity contribution in [1.29, 1.82) is 5.41 Å². The largest absolute Gasteiger partial charge is 0.507 e. The number of phenols is 1. The van der Waals surface area contributed by atoms with Crippen molar-refractivity contribution < 1.29 is 42.0 Å².